The first-order chi connectivity index (χ1) is 8.72. The molecule has 2 aromatic rings. The number of ether oxygens (including phenoxy) is 1. The van der Waals surface area contributed by atoms with E-state index >= 15 is 0 Å². The molecule has 0 radical (unpaired) electrons. The first-order valence-corrected chi connectivity index (χ1v) is 5.55. The number of carbonyl (C=O) groups is 1. The van der Waals surface area contributed by atoms with Gasteiger partial charge in [0.05, 0.1) is 6.61 Å². The third kappa shape index (κ3) is 2.45. The maximum atomic E-state index is 11.7. The minimum atomic E-state index is -0.460. The first-order valence-electron chi connectivity index (χ1n) is 5.55. The third-order valence-electron chi connectivity index (χ3n) is 2.43. The number of rotatable bonds is 3. The van der Waals surface area contributed by atoms with E-state index in [2.05, 4.69) is 9.97 Å². The molecule has 0 atom stereocenters. The third-order valence-corrected chi connectivity index (χ3v) is 2.43. The number of esters is 1. The molecule has 0 aromatic carbocycles. The largest absolute Gasteiger partial charge is 0.462 e. The summed E-state index contributed by atoms with van der Waals surface area (Å²) in [6.45, 7) is 2.05. The van der Waals surface area contributed by atoms with Gasteiger partial charge >= 0.3 is 5.97 Å². The van der Waals surface area contributed by atoms with Gasteiger partial charge in [-0.25, -0.2) is 9.78 Å². The number of nitrogens with two attached hydrogens (primary N) is 1. The van der Waals surface area contributed by atoms with Crippen LogP contribution >= 0.6 is 0 Å². The van der Waals surface area contributed by atoms with Crippen LogP contribution in [0.15, 0.2) is 36.8 Å². The van der Waals surface area contributed by atoms with E-state index in [0.29, 0.717) is 6.61 Å². The Morgan fingerprint density at radius 3 is 2.72 bits per heavy atom. The van der Waals surface area contributed by atoms with E-state index in [1.54, 1.807) is 31.6 Å². The molecule has 0 aliphatic rings. The molecule has 92 valence electrons. The van der Waals surface area contributed by atoms with Crippen LogP contribution in [0.5, 0.6) is 0 Å². The van der Waals surface area contributed by atoms with Gasteiger partial charge in [0.1, 0.15) is 11.4 Å². The van der Waals surface area contributed by atoms with Gasteiger partial charge in [-0.1, -0.05) is 0 Å². The minimum absolute atomic E-state index is 0.172. The molecule has 0 saturated heterocycles. The summed E-state index contributed by atoms with van der Waals surface area (Å²) in [6, 6.07) is 5.35. The first kappa shape index (κ1) is 12.0. The number of pyridine rings is 2. The second-order valence-corrected chi connectivity index (χ2v) is 3.61. The molecular weight excluding hydrogens is 230 g/mol. The lowest BCUT2D eigenvalue weighted by Gasteiger charge is -2.07. The van der Waals surface area contributed by atoms with Gasteiger partial charge in [-0.2, -0.15) is 0 Å². The predicted octanol–water partition coefficient (Wildman–Crippen LogP) is 1.90. The average molecular weight is 243 g/mol. The van der Waals surface area contributed by atoms with Gasteiger partial charge in [0.15, 0.2) is 0 Å². The van der Waals surface area contributed by atoms with Crippen molar-refractivity contribution >= 4 is 11.8 Å². The maximum Gasteiger partial charge on any atom is 0.341 e. The van der Waals surface area contributed by atoms with Gasteiger partial charge in [-0.05, 0) is 30.7 Å². The quantitative estimate of drug-likeness (QED) is 0.833. The Kier molecular flexibility index (Phi) is 3.52. The summed E-state index contributed by atoms with van der Waals surface area (Å²) >= 11 is 0. The Morgan fingerprint density at radius 2 is 2.06 bits per heavy atom. The van der Waals surface area contributed by atoms with Crippen LogP contribution in [0.3, 0.4) is 0 Å². The Bertz CT molecular complexity index is 555. The van der Waals surface area contributed by atoms with E-state index in [-0.39, 0.29) is 11.4 Å². The molecule has 0 saturated carbocycles. The number of aromatic nitrogens is 2. The molecule has 5 heteroatoms. The van der Waals surface area contributed by atoms with Gasteiger partial charge in [0, 0.05) is 24.2 Å². The monoisotopic (exact) mass is 243 g/mol. The number of anilines is 1. The Labute approximate surface area is 105 Å². The molecular formula is C13H13N3O2. The highest BCUT2D eigenvalue weighted by Gasteiger charge is 2.13. The van der Waals surface area contributed by atoms with Crippen molar-refractivity contribution in [2.24, 2.45) is 0 Å². The molecule has 2 heterocycles. The molecule has 0 aliphatic carbocycles. The van der Waals surface area contributed by atoms with Crippen LogP contribution in [0.1, 0.15) is 17.3 Å². The highest BCUT2D eigenvalue weighted by atomic mass is 16.5. The van der Waals surface area contributed by atoms with Crippen molar-refractivity contribution in [3.8, 4) is 11.1 Å². The second kappa shape index (κ2) is 5.27. The summed E-state index contributed by atoms with van der Waals surface area (Å²) in [6.07, 6.45) is 4.97. The predicted molar refractivity (Wildman–Crippen MR) is 67.8 cm³/mol. The van der Waals surface area contributed by atoms with Crippen molar-refractivity contribution in [1.29, 1.82) is 0 Å². The van der Waals surface area contributed by atoms with Gasteiger partial charge in [-0.15, -0.1) is 0 Å². The lowest BCUT2D eigenvalue weighted by molar-refractivity contribution is 0.0527. The maximum absolute atomic E-state index is 11.7. The summed E-state index contributed by atoms with van der Waals surface area (Å²) in [5, 5.41) is 0. The number of nitrogen functional groups attached to an aromatic ring is 1. The number of hydrogen-bond acceptors (Lipinski definition) is 5. The Hall–Kier alpha value is -2.43. The summed E-state index contributed by atoms with van der Waals surface area (Å²) in [7, 11) is 0. The summed E-state index contributed by atoms with van der Waals surface area (Å²) in [5.74, 6) is -0.287. The van der Waals surface area contributed by atoms with E-state index in [1.165, 1.54) is 0 Å². The number of nitrogens with zero attached hydrogens (tertiary/aromatic N) is 2. The molecule has 0 bridgehead atoms. The van der Waals surface area contributed by atoms with Crippen molar-refractivity contribution in [2.75, 3.05) is 12.3 Å². The number of hydrogen-bond donors (Lipinski definition) is 1. The summed E-state index contributed by atoms with van der Waals surface area (Å²) < 4.78 is 4.93. The molecule has 2 aromatic heterocycles. The van der Waals surface area contributed by atoms with E-state index in [9.17, 15) is 4.79 Å². The molecule has 2 N–H and O–H groups in total. The molecule has 5 nitrogen and oxygen atoms in total. The van der Waals surface area contributed by atoms with Crippen LogP contribution in [0.25, 0.3) is 11.1 Å². The Balaban J connectivity index is 2.41. The zero-order valence-electron chi connectivity index (χ0n) is 9.96. The topological polar surface area (TPSA) is 78.1 Å². The van der Waals surface area contributed by atoms with E-state index in [4.69, 9.17) is 10.5 Å². The van der Waals surface area contributed by atoms with Crippen LogP contribution < -0.4 is 5.73 Å². The van der Waals surface area contributed by atoms with Crippen molar-refractivity contribution in [2.45, 2.75) is 6.92 Å². The van der Waals surface area contributed by atoms with Crippen LogP contribution in [0.2, 0.25) is 0 Å². The highest BCUT2D eigenvalue weighted by molar-refractivity contribution is 5.95. The van der Waals surface area contributed by atoms with E-state index < -0.39 is 5.97 Å². The Morgan fingerprint density at radius 1 is 1.33 bits per heavy atom. The van der Waals surface area contributed by atoms with Crippen molar-refractivity contribution < 1.29 is 9.53 Å². The zero-order valence-corrected chi connectivity index (χ0v) is 9.96. The molecule has 0 spiro atoms. The number of carbonyl (C=O) groups excluding carboxylic acids is 1. The lowest BCUT2D eigenvalue weighted by Crippen LogP contribution is -2.09. The van der Waals surface area contributed by atoms with Crippen LogP contribution in [0, 0.1) is 0 Å². The summed E-state index contributed by atoms with van der Waals surface area (Å²) in [4.78, 5) is 19.6. The van der Waals surface area contributed by atoms with Gasteiger partial charge in [0.2, 0.25) is 0 Å². The molecule has 0 amide bonds. The molecule has 0 unspecified atom stereocenters. The van der Waals surface area contributed by atoms with Crippen LogP contribution in [-0.2, 0) is 4.74 Å². The second-order valence-electron chi connectivity index (χ2n) is 3.61. The van der Waals surface area contributed by atoms with E-state index in [0.717, 1.165) is 11.1 Å². The normalized spacial score (nSPS) is 10.1. The average Bonchev–Trinajstić information content (AvgIpc) is 2.40. The SMILES string of the molecule is CCOC(=O)c1cc(-c2ccncc2)cnc1N. The molecule has 2 rings (SSSR count). The van der Waals surface area contributed by atoms with Crippen molar-refractivity contribution in [3.63, 3.8) is 0 Å². The fraction of sp³-hybridized carbons (Fsp3) is 0.154. The molecule has 18 heavy (non-hydrogen) atoms. The van der Waals surface area contributed by atoms with Gasteiger partial charge in [0.25, 0.3) is 0 Å². The highest BCUT2D eigenvalue weighted by Crippen LogP contribution is 2.21. The lowest BCUT2D eigenvalue weighted by atomic mass is 10.1. The van der Waals surface area contributed by atoms with Crippen molar-refractivity contribution in [3.05, 3.63) is 42.4 Å². The van der Waals surface area contributed by atoms with E-state index in [1.807, 2.05) is 12.1 Å². The van der Waals surface area contributed by atoms with Crippen LogP contribution in [0.4, 0.5) is 5.82 Å². The van der Waals surface area contributed by atoms with Gasteiger partial charge < -0.3 is 10.5 Å². The van der Waals surface area contributed by atoms with Crippen LogP contribution in [-0.4, -0.2) is 22.5 Å². The van der Waals surface area contributed by atoms with Crippen molar-refractivity contribution in [1.82, 2.24) is 9.97 Å². The smallest absolute Gasteiger partial charge is 0.341 e. The minimum Gasteiger partial charge on any atom is -0.462 e. The summed E-state index contributed by atoms with van der Waals surface area (Å²) in [5.41, 5.74) is 7.68. The molecule has 0 aliphatic heterocycles. The fourth-order valence-corrected chi connectivity index (χ4v) is 1.55. The zero-order chi connectivity index (χ0) is 13.0. The standard InChI is InChI=1S/C13H13N3O2/c1-2-18-13(17)11-7-10(8-16-12(11)14)9-3-5-15-6-4-9/h3-8H,2H2,1H3,(H2,14,16). The molecule has 0 fully saturated rings. The van der Waals surface area contributed by atoms with Gasteiger partial charge in [-0.3, -0.25) is 4.98 Å². The fourth-order valence-electron chi connectivity index (χ4n) is 1.55.